The summed E-state index contributed by atoms with van der Waals surface area (Å²) in [7, 11) is 0. The van der Waals surface area contributed by atoms with E-state index in [1.54, 1.807) is 6.07 Å². The first-order valence-corrected chi connectivity index (χ1v) is 10.8. The summed E-state index contributed by atoms with van der Waals surface area (Å²) >= 11 is 0. The predicted octanol–water partition coefficient (Wildman–Crippen LogP) is 5.44. The van der Waals surface area contributed by atoms with Gasteiger partial charge in [0.15, 0.2) is 0 Å². The normalized spacial score (nSPS) is 11.2. The molecule has 162 valence electrons. The number of hydrogen-bond donors (Lipinski definition) is 1. The van der Waals surface area contributed by atoms with Crippen molar-refractivity contribution in [3.8, 4) is 11.3 Å². The Labute approximate surface area is 187 Å². The second kappa shape index (κ2) is 8.79. The third kappa shape index (κ3) is 4.33. The number of rotatable bonds is 5. The minimum Gasteiger partial charge on any atom is -0.324 e. The molecule has 0 spiro atoms. The highest BCUT2D eigenvalue weighted by Gasteiger charge is 2.16. The predicted molar refractivity (Wildman–Crippen MR) is 130 cm³/mol. The molecule has 4 aromatic rings. The summed E-state index contributed by atoms with van der Waals surface area (Å²) in [6.07, 6.45) is 0. The van der Waals surface area contributed by atoms with Gasteiger partial charge in [-0.25, -0.2) is 4.68 Å². The summed E-state index contributed by atoms with van der Waals surface area (Å²) < 4.78 is 1.26. The minimum absolute atomic E-state index is 0.159. The number of nitrogens with one attached hydrogen (secondary N) is 1. The summed E-state index contributed by atoms with van der Waals surface area (Å²) in [6, 6.07) is 21.3. The number of benzene rings is 3. The van der Waals surface area contributed by atoms with Gasteiger partial charge in [0.2, 0.25) is 5.91 Å². The summed E-state index contributed by atoms with van der Waals surface area (Å²) in [5.74, 6) is 0.0689. The first kappa shape index (κ1) is 21.5. The minimum atomic E-state index is -0.289. The zero-order valence-electron chi connectivity index (χ0n) is 18.8. The average molecular weight is 426 g/mol. The van der Waals surface area contributed by atoms with E-state index in [-0.39, 0.29) is 18.0 Å². The third-order valence-electron chi connectivity index (χ3n) is 5.65. The molecule has 0 aliphatic carbocycles. The van der Waals surface area contributed by atoms with Gasteiger partial charge in [-0.05, 0) is 55.2 Å². The Balaban J connectivity index is 1.74. The van der Waals surface area contributed by atoms with Crippen LogP contribution in [-0.4, -0.2) is 15.7 Å². The standard InChI is InChI=1S/C27H27N3O2/c1-17(2)20-8-7-9-21(15-20)28-25(31)16-30-27(32)23-11-6-5-10-22(23)26(29-30)24-14-18(3)12-13-19(24)4/h5-15,17H,16H2,1-4H3,(H,28,31). The van der Waals surface area contributed by atoms with Crippen LogP contribution in [0.1, 0.15) is 36.5 Å². The van der Waals surface area contributed by atoms with Crippen molar-refractivity contribution >= 4 is 22.4 Å². The summed E-state index contributed by atoms with van der Waals surface area (Å²) in [5, 5.41) is 8.88. The van der Waals surface area contributed by atoms with Crippen LogP contribution < -0.4 is 10.9 Å². The molecule has 4 rings (SSSR count). The number of anilines is 1. The van der Waals surface area contributed by atoms with Crippen LogP contribution in [0.5, 0.6) is 0 Å². The number of hydrogen-bond acceptors (Lipinski definition) is 3. The average Bonchev–Trinajstić information content (AvgIpc) is 2.77. The number of nitrogens with zero attached hydrogens (tertiary/aromatic N) is 2. The maximum atomic E-state index is 13.1. The van der Waals surface area contributed by atoms with Crippen LogP contribution in [0.15, 0.2) is 71.5 Å². The van der Waals surface area contributed by atoms with E-state index >= 15 is 0 Å². The first-order valence-electron chi connectivity index (χ1n) is 10.8. The molecule has 0 aliphatic rings. The lowest BCUT2D eigenvalue weighted by Gasteiger charge is -2.14. The molecule has 0 aliphatic heterocycles. The van der Waals surface area contributed by atoms with Gasteiger partial charge in [0.25, 0.3) is 5.56 Å². The molecule has 3 aromatic carbocycles. The molecule has 5 heteroatoms. The van der Waals surface area contributed by atoms with Crippen molar-refractivity contribution in [2.75, 3.05) is 5.32 Å². The van der Waals surface area contributed by atoms with Crippen molar-refractivity contribution in [3.05, 3.63) is 93.8 Å². The van der Waals surface area contributed by atoms with Gasteiger partial charge in [0.05, 0.1) is 11.1 Å². The molecule has 0 saturated carbocycles. The van der Waals surface area contributed by atoms with Crippen LogP contribution in [0.25, 0.3) is 22.0 Å². The third-order valence-corrected chi connectivity index (χ3v) is 5.65. The molecule has 0 saturated heterocycles. The van der Waals surface area contributed by atoms with Gasteiger partial charge in [-0.1, -0.05) is 61.9 Å². The molecule has 0 atom stereocenters. The fraction of sp³-hybridized carbons (Fsp3) is 0.222. The molecule has 1 heterocycles. The Kier molecular flexibility index (Phi) is 5.91. The van der Waals surface area contributed by atoms with E-state index in [0.717, 1.165) is 27.6 Å². The number of aryl methyl sites for hydroxylation is 2. The van der Waals surface area contributed by atoms with Crippen LogP contribution in [0.2, 0.25) is 0 Å². The SMILES string of the molecule is Cc1ccc(C)c(-c2nn(CC(=O)Nc3cccc(C(C)C)c3)c(=O)c3ccccc23)c1. The number of amides is 1. The number of fused-ring (bicyclic) bond motifs is 1. The molecular weight excluding hydrogens is 398 g/mol. The van der Waals surface area contributed by atoms with Crippen molar-refractivity contribution in [1.29, 1.82) is 0 Å². The molecule has 0 fully saturated rings. The highest BCUT2D eigenvalue weighted by atomic mass is 16.2. The highest BCUT2D eigenvalue weighted by Crippen LogP contribution is 2.28. The van der Waals surface area contributed by atoms with Crippen molar-refractivity contribution in [3.63, 3.8) is 0 Å². The zero-order chi connectivity index (χ0) is 22.8. The second-order valence-corrected chi connectivity index (χ2v) is 8.50. The first-order chi connectivity index (χ1) is 15.3. The Bertz CT molecular complexity index is 1370. The lowest BCUT2D eigenvalue weighted by atomic mass is 9.99. The molecule has 1 aromatic heterocycles. The van der Waals surface area contributed by atoms with E-state index in [1.165, 1.54) is 4.68 Å². The fourth-order valence-electron chi connectivity index (χ4n) is 3.84. The Morgan fingerprint density at radius 2 is 1.72 bits per heavy atom. The summed E-state index contributed by atoms with van der Waals surface area (Å²) in [5.41, 5.74) is 5.41. The number of carbonyl (C=O) groups excluding carboxylic acids is 1. The molecule has 0 bridgehead atoms. The zero-order valence-corrected chi connectivity index (χ0v) is 18.8. The van der Waals surface area contributed by atoms with Gasteiger partial charge < -0.3 is 5.32 Å². The smallest absolute Gasteiger partial charge is 0.275 e. The van der Waals surface area contributed by atoms with E-state index in [9.17, 15) is 9.59 Å². The van der Waals surface area contributed by atoms with Crippen LogP contribution in [0.3, 0.4) is 0 Å². The van der Waals surface area contributed by atoms with Crippen molar-refractivity contribution in [2.45, 2.75) is 40.2 Å². The van der Waals surface area contributed by atoms with Crippen LogP contribution >= 0.6 is 0 Å². The van der Waals surface area contributed by atoms with Gasteiger partial charge in [0, 0.05) is 16.6 Å². The van der Waals surface area contributed by atoms with Gasteiger partial charge in [-0.2, -0.15) is 5.10 Å². The topological polar surface area (TPSA) is 64.0 Å². The molecule has 32 heavy (non-hydrogen) atoms. The van der Waals surface area contributed by atoms with Gasteiger partial charge in [-0.15, -0.1) is 0 Å². The van der Waals surface area contributed by atoms with Crippen LogP contribution in [0.4, 0.5) is 5.69 Å². The Morgan fingerprint density at radius 1 is 0.969 bits per heavy atom. The Hall–Kier alpha value is -3.73. The molecule has 1 N–H and O–H groups in total. The maximum absolute atomic E-state index is 13.1. The van der Waals surface area contributed by atoms with Gasteiger partial charge in [0.1, 0.15) is 6.54 Å². The van der Waals surface area contributed by atoms with E-state index in [4.69, 9.17) is 0 Å². The second-order valence-electron chi connectivity index (χ2n) is 8.50. The van der Waals surface area contributed by atoms with Gasteiger partial charge in [-0.3, -0.25) is 9.59 Å². The summed E-state index contributed by atoms with van der Waals surface area (Å²) in [6.45, 7) is 8.10. The quantitative estimate of drug-likeness (QED) is 0.463. The Morgan fingerprint density at radius 3 is 2.47 bits per heavy atom. The van der Waals surface area contributed by atoms with Crippen molar-refractivity contribution < 1.29 is 4.79 Å². The molecule has 5 nitrogen and oxygen atoms in total. The number of carbonyl (C=O) groups is 1. The maximum Gasteiger partial charge on any atom is 0.275 e. The van der Waals surface area contributed by atoms with E-state index in [2.05, 4.69) is 36.4 Å². The van der Waals surface area contributed by atoms with Crippen LogP contribution in [0, 0.1) is 13.8 Å². The van der Waals surface area contributed by atoms with Gasteiger partial charge >= 0.3 is 0 Å². The lowest BCUT2D eigenvalue weighted by Crippen LogP contribution is -2.30. The van der Waals surface area contributed by atoms with E-state index in [1.807, 2.05) is 62.4 Å². The summed E-state index contributed by atoms with van der Waals surface area (Å²) in [4.78, 5) is 25.9. The number of aromatic nitrogens is 2. The molecule has 1 amide bonds. The molecule has 0 unspecified atom stereocenters. The van der Waals surface area contributed by atoms with Crippen LogP contribution in [-0.2, 0) is 11.3 Å². The largest absolute Gasteiger partial charge is 0.324 e. The van der Waals surface area contributed by atoms with Crippen molar-refractivity contribution in [1.82, 2.24) is 9.78 Å². The highest BCUT2D eigenvalue weighted by molar-refractivity contribution is 5.95. The van der Waals surface area contributed by atoms with Crippen molar-refractivity contribution in [2.24, 2.45) is 0 Å². The monoisotopic (exact) mass is 425 g/mol. The molecule has 0 radical (unpaired) electrons. The lowest BCUT2D eigenvalue weighted by molar-refractivity contribution is -0.117. The van der Waals surface area contributed by atoms with E-state index < -0.39 is 0 Å². The fourth-order valence-corrected chi connectivity index (χ4v) is 3.84. The van der Waals surface area contributed by atoms with E-state index in [0.29, 0.717) is 22.7 Å². The molecular formula is C27H27N3O2.